The Kier molecular flexibility index (Phi) is 16.5. The van der Waals surface area contributed by atoms with Crippen LogP contribution in [0.2, 0.25) is 0 Å². The van der Waals surface area contributed by atoms with E-state index < -0.39 is 26.3 Å². The van der Waals surface area contributed by atoms with Crippen molar-refractivity contribution >= 4 is 15.2 Å². The van der Waals surface area contributed by atoms with Gasteiger partial charge in [-0.25, -0.2) is 6.16 Å². The molecule has 0 saturated heterocycles. The van der Waals surface area contributed by atoms with Crippen LogP contribution < -0.4 is 0 Å². The Hall–Kier alpha value is -2.04. The number of hydrogen-bond acceptors (Lipinski definition) is 6. The Morgan fingerprint density at radius 1 is 0.630 bits per heavy atom. The zero-order valence-corrected chi connectivity index (χ0v) is 30.3. The van der Waals surface area contributed by atoms with Crippen molar-refractivity contribution in [3.63, 3.8) is 0 Å². The number of hydrogen-bond donors (Lipinski definition) is 0. The smallest absolute Gasteiger partial charge is 0.331 e. The van der Waals surface area contributed by atoms with Gasteiger partial charge in [-0.2, -0.15) is 6.42 Å². The minimum Gasteiger partial charge on any atom is -0.331 e. The van der Waals surface area contributed by atoms with E-state index in [4.69, 9.17) is 18.1 Å². The van der Waals surface area contributed by atoms with Gasteiger partial charge >= 0.3 is 7.60 Å². The molecule has 8 heteroatoms. The molecule has 0 aliphatic rings. The quantitative estimate of drug-likeness (QED) is 0.0568. The van der Waals surface area contributed by atoms with Gasteiger partial charge in [0.05, 0.1) is 26.4 Å². The Bertz CT molecular complexity index is 1280. The fourth-order valence-electron chi connectivity index (χ4n) is 6.50. The molecule has 0 saturated carbocycles. The van der Waals surface area contributed by atoms with Gasteiger partial charge in [-0.3, -0.25) is 9.13 Å². The third kappa shape index (κ3) is 10.7. The van der Waals surface area contributed by atoms with Gasteiger partial charge in [0.15, 0.2) is 7.60 Å². The molecule has 0 aliphatic carbocycles. The number of benzene rings is 3. The second kappa shape index (κ2) is 19.7. The molecule has 0 amide bonds. The van der Waals surface area contributed by atoms with Crippen molar-refractivity contribution in [2.24, 2.45) is 0 Å². The Morgan fingerprint density at radius 3 is 1.57 bits per heavy atom. The first-order valence-corrected chi connectivity index (χ1v) is 20.3. The molecule has 6 nitrogen and oxygen atoms in total. The standard InChI is InChI=1S/C38H55O6P2/c1-6-11-15-24-34(33-22-16-12-17-23-33)31-38(35-25-18-13-19-26-35,36-27-20-14-21-28-36)32-37(46(40,43-9-4)44-10-5)29-30-45(39,41-7-2)42-8-3/h12-14,16-23,25-28,30,34,37H,6-11,15,24,29,31-32H2,1-5H3/q-1. The lowest BCUT2D eigenvalue weighted by atomic mass is 9.64. The molecule has 0 aromatic heterocycles. The van der Waals surface area contributed by atoms with E-state index in [1.54, 1.807) is 20.0 Å². The monoisotopic (exact) mass is 669 g/mol. The molecule has 3 aromatic carbocycles. The molecule has 0 N–H and O–H groups in total. The van der Waals surface area contributed by atoms with Crippen LogP contribution in [0.4, 0.5) is 0 Å². The number of rotatable bonds is 23. The van der Waals surface area contributed by atoms with E-state index in [1.807, 2.05) is 26.0 Å². The van der Waals surface area contributed by atoms with Gasteiger partial charge < -0.3 is 18.1 Å². The highest BCUT2D eigenvalue weighted by molar-refractivity contribution is 7.56. The largest absolute Gasteiger partial charge is 0.331 e. The summed E-state index contributed by atoms with van der Waals surface area (Å²) >= 11 is 0. The molecular weight excluding hydrogens is 614 g/mol. The second-order valence-corrected chi connectivity index (χ2v) is 15.9. The maximum Gasteiger partial charge on any atom is 0.331 e. The van der Waals surface area contributed by atoms with E-state index in [-0.39, 0.29) is 38.8 Å². The molecule has 2 atom stereocenters. The molecule has 0 heterocycles. The molecule has 254 valence electrons. The molecule has 3 aromatic rings. The van der Waals surface area contributed by atoms with Gasteiger partial charge in [0.25, 0.3) is 0 Å². The zero-order chi connectivity index (χ0) is 33.3. The van der Waals surface area contributed by atoms with Crippen LogP contribution in [0.3, 0.4) is 0 Å². The van der Waals surface area contributed by atoms with Crippen molar-refractivity contribution < 1.29 is 27.2 Å². The fraction of sp³-hybridized carbons (Fsp3) is 0.500. The Morgan fingerprint density at radius 2 is 1.11 bits per heavy atom. The van der Waals surface area contributed by atoms with Gasteiger partial charge in [0, 0.05) is 11.1 Å². The summed E-state index contributed by atoms with van der Waals surface area (Å²) < 4.78 is 51.9. The summed E-state index contributed by atoms with van der Waals surface area (Å²) in [7, 11) is -7.24. The molecule has 0 spiro atoms. The minimum atomic E-state index is -3.70. The number of unbranched alkanes of at least 4 members (excludes halogenated alkanes) is 2. The van der Waals surface area contributed by atoms with Gasteiger partial charge in [-0.15, -0.1) is 0 Å². The third-order valence-corrected chi connectivity index (χ3v) is 13.0. The summed E-state index contributed by atoms with van der Waals surface area (Å²) in [6.07, 6.45) is 7.48. The molecule has 0 aliphatic heterocycles. The molecule has 0 bridgehead atoms. The summed E-state index contributed by atoms with van der Waals surface area (Å²) in [4.78, 5) is 0. The topological polar surface area (TPSA) is 71.1 Å². The maximum absolute atomic E-state index is 14.8. The van der Waals surface area contributed by atoms with E-state index in [0.717, 1.165) is 36.8 Å². The molecule has 2 unspecified atom stereocenters. The molecule has 46 heavy (non-hydrogen) atoms. The molecule has 3 rings (SSSR count). The highest BCUT2D eigenvalue weighted by Crippen LogP contribution is 2.62. The average molecular weight is 670 g/mol. The highest BCUT2D eigenvalue weighted by Gasteiger charge is 2.44. The van der Waals surface area contributed by atoms with E-state index in [9.17, 15) is 9.13 Å². The van der Waals surface area contributed by atoms with Crippen LogP contribution in [0.15, 0.2) is 91.0 Å². The van der Waals surface area contributed by atoms with Crippen LogP contribution in [0.5, 0.6) is 0 Å². The predicted octanol–water partition coefficient (Wildman–Crippen LogP) is 11.6. The lowest BCUT2D eigenvalue weighted by molar-refractivity contribution is 0.203. The van der Waals surface area contributed by atoms with Crippen molar-refractivity contribution in [3.8, 4) is 0 Å². The summed E-state index contributed by atoms with van der Waals surface area (Å²) in [6, 6.07) is 31.8. The zero-order valence-electron chi connectivity index (χ0n) is 28.5. The van der Waals surface area contributed by atoms with E-state index in [0.29, 0.717) is 6.42 Å². The highest BCUT2D eigenvalue weighted by atomic mass is 31.2. The van der Waals surface area contributed by atoms with E-state index >= 15 is 0 Å². The van der Waals surface area contributed by atoms with E-state index in [1.165, 1.54) is 12.0 Å². The second-order valence-electron chi connectivity index (χ2n) is 11.6. The lowest BCUT2D eigenvalue weighted by Crippen LogP contribution is -2.35. The fourth-order valence-corrected chi connectivity index (χ4v) is 10.3. The summed E-state index contributed by atoms with van der Waals surface area (Å²) in [5.74, 6) is 0.245. The average Bonchev–Trinajstić information content (AvgIpc) is 3.07. The van der Waals surface area contributed by atoms with E-state index in [2.05, 4.69) is 85.8 Å². The predicted molar refractivity (Wildman–Crippen MR) is 191 cm³/mol. The van der Waals surface area contributed by atoms with Gasteiger partial charge in [0.2, 0.25) is 0 Å². The van der Waals surface area contributed by atoms with Gasteiger partial charge in [-0.05, 0) is 69.6 Å². The lowest BCUT2D eigenvalue weighted by Gasteiger charge is -2.43. The van der Waals surface area contributed by atoms with Crippen LogP contribution in [0.1, 0.15) is 102 Å². The van der Waals surface area contributed by atoms with Crippen LogP contribution in [0, 0.1) is 6.16 Å². The van der Waals surface area contributed by atoms with Crippen molar-refractivity contribution in [3.05, 3.63) is 114 Å². The summed E-state index contributed by atoms with van der Waals surface area (Å²) in [6.45, 7) is 10.4. The Labute approximate surface area is 278 Å². The van der Waals surface area contributed by atoms with Crippen molar-refractivity contribution in [2.75, 3.05) is 26.4 Å². The first-order chi connectivity index (χ1) is 22.3. The molecule has 0 fully saturated rings. The van der Waals surface area contributed by atoms with Crippen LogP contribution >= 0.6 is 15.2 Å². The van der Waals surface area contributed by atoms with Gasteiger partial charge in [0.1, 0.15) is 0 Å². The Balaban J connectivity index is 2.26. The third-order valence-electron chi connectivity index (χ3n) is 8.54. The summed E-state index contributed by atoms with van der Waals surface area (Å²) in [5, 5.41) is 0. The van der Waals surface area contributed by atoms with Crippen molar-refractivity contribution in [1.82, 2.24) is 0 Å². The van der Waals surface area contributed by atoms with Crippen LogP contribution in [0.25, 0.3) is 0 Å². The molecule has 0 radical (unpaired) electrons. The van der Waals surface area contributed by atoms with Crippen molar-refractivity contribution in [2.45, 2.75) is 96.6 Å². The SMILES string of the molecule is CCCCCC(CC(CC(C[CH-]P(=O)(OCC)OCC)P(=O)(OCC)OCC)(c1ccccc1)c1ccccc1)c1ccccc1. The van der Waals surface area contributed by atoms with Gasteiger partial charge in [-0.1, -0.05) is 117 Å². The van der Waals surface area contributed by atoms with Crippen LogP contribution in [-0.2, 0) is 32.6 Å². The summed E-state index contributed by atoms with van der Waals surface area (Å²) in [5.41, 5.74) is 2.39. The first-order valence-electron chi connectivity index (χ1n) is 17.1. The maximum atomic E-state index is 14.8. The normalized spacial score (nSPS) is 13.8. The first kappa shape index (κ1) is 38.4. The minimum absolute atomic E-state index is 0.182. The molecular formula is C38H55O6P2-. The van der Waals surface area contributed by atoms with Crippen molar-refractivity contribution in [1.29, 1.82) is 0 Å². The van der Waals surface area contributed by atoms with Crippen LogP contribution in [-0.4, -0.2) is 32.1 Å².